The second kappa shape index (κ2) is 30.8. The Kier molecular flexibility index (Phi) is 23.5. The SMILES string of the molecule is CC(=O)N[C@@H](CS)C(=O)NC1CC(=O)NCCCCC(C(N)=O)NC(=O)[C@H](CS)NC(=O)[C@H](Cc2c[nH]c3ccccc23)NC(=O)C(CCCN=C(N)N)NC(=O)[C@@H](Cc2ccc3ccccc3c2)NC(=O)C(Cc2cnc[nH]2)NC1=O. The van der Waals surface area contributed by atoms with Crippen LogP contribution in [-0.2, 0) is 67.2 Å². The predicted molar refractivity (Wildman–Crippen MR) is 311 cm³/mol. The molecule has 1 saturated heterocycles. The van der Waals surface area contributed by atoms with Crippen LogP contribution in [0.25, 0.3) is 21.7 Å². The Labute approximate surface area is 482 Å². The highest BCUT2D eigenvalue weighted by atomic mass is 32.1. The zero-order chi connectivity index (χ0) is 59.3. The van der Waals surface area contributed by atoms with E-state index in [1.54, 1.807) is 18.3 Å². The number of nitrogens with one attached hydrogen (secondary N) is 11. The second-order valence-corrected chi connectivity index (χ2v) is 20.4. The number of nitrogens with two attached hydrogens (primary N) is 3. The van der Waals surface area contributed by atoms with Crippen molar-refractivity contribution in [1.82, 2.24) is 62.8 Å². The van der Waals surface area contributed by atoms with Crippen LogP contribution in [0.2, 0.25) is 0 Å². The van der Waals surface area contributed by atoms with Crippen molar-refractivity contribution in [2.24, 2.45) is 22.2 Å². The summed E-state index contributed by atoms with van der Waals surface area (Å²) in [6, 6.07) is 8.75. The van der Waals surface area contributed by atoms with Crippen molar-refractivity contribution < 1.29 is 47.9 Å². The number of thiol groups is 2. The largest absolute Gasteiger partial charge is 0.370 e. The van der Waals surface area contributed by atoms with Crippen molar-refractivity contribution >= 4 is 112 Å². The third kappa shape index (κ3) is 18.7. The number of nitrogens with zero attached hydrogens (tertiary/aromatic N) is 2. The minimum atomic E-state index is -1.66. The molecule has 0 bridgehead atoms. The molecule has 0 radical (unpaired) electrons. The maximum atomic E-state index is 15.0. The van der Waals surface area contributed by atoms with E-state index in [0.717, 1.165) is 21.7 Å². The van der Waals surface area contributed by atoms with Gasteiger partial charge in [-0.15, -0.1) is 0 Å². The van der Waals surface area contributed by atoms with Crippen LogP contribution in [0.5, 0.6) is 0 Å². The highest BCUT2D eigenvalue weighted by molar-refractivity contribution is 7.80. The van der Waals surface area contributed by atoms with E-state index >= 15 is 4.79 Å². The molecule has 0 aliphatic carbocycles. The van der Waals surface area contributed by atoms with Crippen LogP contribution < -0.4 is 65.1 Å². The summed E-state index contributed by atoms with van der Waals surface area (Å²) < 4.78 is 0. The van der Waals surface area contributed by atoms with Crippen LogP contribution >= 0.6 is 25.3 Å². The first-order valence-electron chi connectivity index (χ1n) is 26.5. The normalized spacial score (nSPS) is 21.7. The maximum absolute atomic E-state index is 15.0. The Morgan fingerprint density at radius 2 is 1.35 bits per heavy atom. The fourth-order valence-electron chi connectivity index (χ4n) is 9.13. The molecule has 8 atom stereocenters. The van der Waals surface area contributed by atoms with Gasteiger partial charge in [0.2, 0.25) is 59.1 Å². The Morgan fingerprint density at radius 1 is 0.720 bits per heavy atom. The minimum Gasteiger partial charge on any atom is -0.370 e. The molecule has 3 heterocycles. The van der Waals surface area contributed by atoms with Crippen LogP contribution in [0, 0.1) is 0 Å². The van der Waals surface area contributed by atoms with Gasteiger partial charge < -0.3 is 75.0 Å². The Morgan fingerprint density at radius 3 is 2.02 bits per heavy atom. The molecule has 82 heavy (non-hydrogen) atoms. The van der Waals surface area contributed by atoms with Crippen LogP contribution in [0.3, 0.4) is 0 Å². The molecule has 10 amide bonds. The van der Waals surface area contributed by atoms with Crippen molar-refractivity contribution in [3.8, 4) is 0 Å². The van der Waals surface area contributed by atoms with Crippen LogP contribution in [0.15, 0.2) is 90.4 Å². The third-order valence-electron chi connectivity index (χ3n) is 13.4. The Hall–Kier alpha value is -8.66. The molecule has 1 fully saturated rings. The van der Waals surface area contributed by atoms with Crippen molar-refractivity contribution in [2.45, 2.75) is 113 Å². The molecular formula is C54H70N16O10S2. The average molecular weight is 1170 g/mol. The Bertz CT molecular complexity index is 3120. The van der Waals surface area contributed by atoms with Gasteiger partial charge in [0.1, 0.15) is 48.3 Å². The molecule has 1 aliphatic heterocycles. The van der Waals surface area contributed by atoms with E-state index in [9.17, 15) is 43.2 Å². The quantitative estimate of drug-likeness (QED) is 0.0222. The number of aromatic nitrogens is 3. The molecule has 1 aliphatic rings. The van der Waals surface area contributed by atoms with Gasteiger partial charge in [-0.3, -0.25) is 52.9 Å². The van der Waals surface area contributed by atoms with Gasteiger partial charge in [0.25, 0.3) is 0 Å². The van der Waals surface area contributed by atoms with Gasteiger partial charge in [-0.05, 0) is 60.1 Å². The first kappa shape index (κ1) is 62.5. The van der Waals surface area contributed by atoms with E-state index in [1.807, 2.05) is 54.6 Å². The number of fused-ring (bicyclic) bond motifs is 2. The number of benzene rings is 3. The molecule has 17 N–H and O–H groups in total. The summed E-state index contributed by atoms with van der Waals surface area (Å²) in [5, 5.41) is 26.2. The molecule has 0 saturated carbocycles. The smallest absolute Gasteiger partial charge is 0.244 e. The lowest BCUT2D eigenvalue weighted by Crippen LogP contribution is -2.61. The molecule has 2 aromatic heterocycles. The fourth-order valence-corrected chi connectivity index (χ4v) is 9.65. The standard InChI is InChI=1S/C54H70N16O10S2/c1-29(71)63-43(26-81)52(79)69-42-23-45(72)59-17-7-6-13-37(46(55)73)64-53(80)44(27-82)70-49(76)40(21-33-24-61-36-12-5-4-11-35(33)36)67-47(74)38(14-8-18-60-54(56)57)65-48(75)39(20-30-15-16-31-9-2-3-10-32(31)19-30)66-50(77)41(68-51(42)78)22-34-25-58-28-62-34/h2-5,9-12,15-16,19,24-25,28,37-44,61,81-82H,6-8,13-14,17-18,20-23,26-27H2,1H3,(H2,55,73)(H,58,62)(H,59,72)(H,63,71)(H,64,80)(H,65,75)(H,66,77)(H,67,74)(H,68,78)(H,69,79)(H,70,76)(H4,56,57,60)/t37?,38?,39-,40+,41?,42?,43+,44+/m1/s1. The monoisotopic (exact) mass is 1170 g/mol. The maximum Gasteiger partial charge on any atom is 0.244 e. The number of guanidine groups is 1. The van der Waals surface area contributed by atoms with Gasteiger partial charge in [0.15, 0.2) is 5.96 Å². The lowest BCUT2D eigenvalue weighted by molar-refractivity contribution is -0.136. The summed E-state index contributed by atoms with van der Waals surface area (Å²) in [5.74, 6) is -9.05. The number of rotatable bonds is 16. The van der Waals surface area contributed by atoms with Gasteiger partial charge >= 0.3 is 0 Å². The number of primary amides is 1. The number of hydrogen-bond donors (Lipinski definition) is 16. The first-order valence-corrected chi connectivity index (χ1v) is 27.8. The Balaban J connectivity index is 1.42. The number of carbonyl (C=O) groups excluding carboxylic acids is 10. The number of imidazole rings is 1. The van der Waals surface area contributed by atoms with Gasteiger partial charge in [0.05, 0.1) is 12.7 Å². The molecular weight excluding hydrogens is 1100 g/mol. The minimum absolute atomic E-state index is 0.00201. The van der Waals surface area contributed by atoms with Crippen molar-refractivity contribution in [2.75, 3.05) is 24.6 Å². The molecule has 0 spiro atoms. The summed E-state index contributed by atoms with van der Waals surface area (Å²) in [6.07, 6.45) is 3.66. The van der Waals surface area contributed by atoms with E-state index < -0.39 is 114 Å². The summed E-state index contributed by atoms with van der Waals surface area (Å²) in [5.41, 5.74) is 19.2. The van der Waals surface area contributed by atoms with E-state index in [4.69, 9.17) is 17.2 Å². The highest BCUT2D eigenvalue weighted by Gasteiger charge is 2.36. The number of aromatic amines is 2. The molecule has 5 aromatic rings. The number of hydrogen-bond acceptors (Lipinski definition) is 14. The van der Waals surface area contributed by atoms with Crippen molar-refractivity contribution in [3.63, 3.8) is 0 Å². The molecule has 438 valence electrons. The van der Waals surface area contributed by atoms with Crippen molar-refractivity contribution in [1.29, 1.82) is 0 Å². The lowest BCUT2D eigenvalue weighted by Gasteiger charge is -2.28. The van der Waals surface area contributed by atoms with Crippen LogP contribution in [0.1, 0.15) is 62.3 Å². The van der Waals surface area contributed by atoms with Gasteiger partial charge in [-0.1, -0.05) is 60.7 Å². The third-order valence-corrected chi connectivity index (χ3v) is 14.2. The summed E-state index contributed by atoms with van der Waals surface area (Å²) >= 11 is 8.52. The number of aliphatic imine (C=N–C) groups is 1. The van der Waals surface area contributed by atoms with Gasteiger partial charge in [-0.2, -0.15) is 25.3 Å². The lowest BCUT2D eigenvalue weighted by atomic mass is 9.99. The van der Waals surface area contributed by atoms with Crippen molar-refractivity contribution in [3.05, 3.63) is 102 Å². The predicted octanol–water partition coefficient (Wildman–Crippen LogP) is -1.94. The van der Waals surface area contributed by atoms with Crippen LogP contribution in [0.4, 0.5) is 0 Å². The number of amides is 10. The number of para-hydroxylation sites is 1. The first-order chi connectivity index (χ1) is 39.3. The summed E-state index contributed by atoms with van der Waals surface area (Å²) in [6.45, 7) is 1.19. The van der Waals surface area contributed by atoms with E-state index in [2.05, 4.69) is 93.1 Å². The molecule has 3 aromatic carbocycles. The number of H-pyrrole nitrogens is 2. The van der Waals surface area contributed by atoms with E-state index in [0.29, 0.717) is 16.8 Å². The zero-order valence-corrected chi connectivity index (χ0v) is 46.8. The molecule has 26 nitrogen and oxygen atoms in total. The molecule has 28 heteroatoms. The summed E-state index contributed by atoms with van der Waals surface area (Å²) in [7, 11) is 0. The summed E-state index contributed by atoms with van der Waals surface area (Å²) in [4.78, 5) is 154. The fraction of sp³-hybridized carbons (Fsp3) is 0.407. The van der Waals surface area contributed by atoms with E-state index in [-0.39, 0.29) is 81.9 Å². The molecule has 6 rings (SSSR count). The topological polar surface area (TPSA) is 414 Å². The second-order valence-electron chi connectivity index (χ2n) is 19.7. The van der Waals surface area contributed by atoms with E-state index in [1.165, 1.54) is 19.4 Å². The average Bonchev–Trinajstić information content (AvgIpc) is 4.13. The van der Waals surface area contributed by atoms with Gasteiger partial charge in [0, 0.05) is 79.8 Å². The number of carbonyl (C=O) groups is 10. The highest BCUT2D eigenvalue weighted by Crippen LogP contribution is 2.21. The van der Waals surface area contributed by atoms with Crippen LogP contribution in [-0.4, -0.2) is 153 Å². The molecule has 4 unspecified atom stereocenters. The van der Waals surface area contributed by atoms with Gasteiger partial charge in [-0.25, -0.2) is 4.98 Å². The zero-order valence-electron chi connectivity index (χ0n) is 45.0.